The third-order valence-electron chi connectivity index (χ3n) is 2.61. The SMILES string of the molecule is Nn1c(SCC(=O)Nc2ccc(OC(F)F)cc2)nnc1C(F)(F)F. The average Bonchev–Trinajstić information content (AvgIpc) is 2.88. The number of benzene rings is 1. The van der Waals surface area contributed by atoms with Crippen LogP contribution in [0.2, 0.25) is 0 Å². The Hall–Kier alpha value is -2.57. The fourth-order valence-corrected chi connectivity index (χ4v) is 2.27. The molecule has 0 aliphatic heterocycles. The topological polar surface area (TPSA) is 95.1 Å². The van der Waals surface area contributed by atoms with E-state index >= 15 is 0 Å². The van der Waals surface area contributed by atoms with E-state index in [1.807, 2.05) is 0 Å². The van der Waals surface area contributed by atoms with E-state index in [0.29, 0.717) is 11.8 Å². The Morgan fingerprint density at radius 3 is 2.44 bits per heavy atom. The highest BCUT2D eigenvalue weighted by atomic mass is 32.2. The molecule has 1 aromatic heterocycles. The number of aromatic nitrogens is 3. The van der Waals surface area contributed by atoms with Gasteiger partial charge in [-0.1, -0.05) is 11.8 Å². The monoisotopic (exact) mass is 383 g/mol. The standard InChI is InChI=1S/C12H10F5N5O2S/c13-10(14)24-7-3-1-6(2-4-7)19-8(23)5-25-11-21-20-9(22(11)18)12(15,16)17/h1-4,10H,5,18H2,(H,19,23). The number of hydrogen-bond acceptors (Lipinski definition) is 6. The van der Waals surface area contributed by atoms with Gasteiger partial charge in [0.1, 0.15) is 5.75 Å². The van der Waals surface area contributed by atoms with E-state index in [1.54, 1.807) is 0 Å². The minimum Gasteiger partial charge on any atom is -0.435 e. The zero-order chi connectivity index (χ0) is 18.6. The maximum absolute atomic E-state index is 12.5. The first kappa shape index (κ1) is 18.8. The fourth-order valence-electron chi connectivity index (χ4n) is 1.62. The minimum absolute atomic E-state index is 0.0849. The van der Waals surface area contributed by atoms with Gasteiger partial charge in [0.15, 0.2) is 0 Å². The molecular weight excluding hydrogens is 373 g/mol. The van der Waals surface area contributed by atoms with Gasteiger partial charge in [0.2, 0.25) is 11.1 Å². The van der Waals surface area contributed by atoms with Crippen molar-refractivity contribution in [3.8, 4) is 5.75 Å². The molecular formula is C12H10F5N5O2S. The number of hydrogen-bond donors (Lipinski definition) is 2. The summed E-state index contributed by atoms with van der Waals surface area (Å²) >= 11 is 0.651. The van der Waals surface area contributed by atoms with E-state index in [-0.39, 0.29) is 27.0 Å². The molecule has 1 amide bonds. The van der Waals surface area contributed by atoms with E-state index in [0.717, 1.165) is 0 Å². The average molecular weight is 383 g/mol. The summed E-state index contributed by atoms with van der Waals surface area (Å²) in [5.74, 6) is 2.90. The van der Waals surface area contributed by atoms with Gasteiger partial charge in [-0.25, -0.2) is 4.68 Å². The van der Waals surface area contributed by atoms with Crippen LogP contribution in [0.1, 0.15) is 5.82 Å². The molecule has 0 saturated heterocycles. The van der Waals surface area contributed by atoms with Crippen LogP contribution in [0.4, 0.5) is 27.6 Å². The van der Waals surface area contributed by atoms with Gasteiger partial charge in [-0.3, -0.25) is 4.79 Å². The van der Waals surface area contributed by atoms with Crippen LogP contribution in [0.15, 0.2) is 29.4 Å². The van der Waals surface area contributed by atoms with Gasteiger partial charge in [-0.05, 0) is 24.3 Å². The molecule has 0 aliphatic carbocycles. The Kier molecular flexibility index (Phi) is 5.66. The number of carbonyl (C=O) groups is 1. The second-order valence-corrected chi connectivity index (χ2v) is 5.36. The molecule has 7 nitrogen and oxygen atoms in total. The number of nitrogens with one attached hydrogen (secondary N) is 1. The summed E-state index contributed by atoms with van der Waals surface area (Å²) in [6.07, 6.45) is -4.76. The van der Waals surface area contributed by atoms with Crippen molar-refractivity contribution in [2.45, 2.75) is 17.9 Å². The highest BCUT2D eigenvalue weighted by Gasteiger charge is 2.38. The first-order valence-corrected chi connectivity index (χ1v) is 7.40. The van der Waals surface area contributed by atoms with Crippen LogP contribution in [0.3, 0.4) is 0 Å². The third kappa shape index (κ3) is 5.20. The van der Waals surface area contributed by atoms with Gasteiger partial charge in [0.05, 0.1) is 5.75 Å². The molecule has 1 heterocycles. The van der Waals surface area contributed by atoms with E-state index < -0.39 is 24.5 Å². The van der Waals surface area contributed by atoms with Gasteiger partial charge >= 0.3 is 12.8 Å². The third-order valence-corrected chi connectivity index (χ3v) is 3.56. The van der Waals surface area contributed by atoms with Crippen molar-refractivity contribution in [1.82, 2.24) is 14.9 Å². The predicted octanol–water partition coefficient (Wildman–Crippen LogP) is 2.34. The molecule has 0 radical (unpaired) electrons. The summed E-state index contributed by atoms with van der Waals surface area (Å²) in [6, 6.07) is 5.10. The summed E-state index contributed by atoms with van der Waals surface area (Å²) in [4.78, 5) is 11.8. The molecule has 0 bridgehead atoms. The highest BCUT2D eigenvalue weighted by Crippen LogP contribution is 2.28. The number of rotatable bonds is 6. The van der Waals surface area contributed by atoms with Gasteiger partial charge in [-0.2, -0.15) is 22.0 Å². The Morgan fingerprint density at radius 1 is 1.28 bits per heavy atom. The molecule has 0 saturated carbocycles. The number of thioether (sulfide) groups is 1. The second-order valence-electron chi connectivity index (χ2n) is 4.41. The lowest BCUT2D eigenvalue weighted by Crippen LogP contribution is -2.22. The van der Waals surface area contributed by atoms with Gasteiger partial charge in [-0.15, -0.1) is 10.2 Å². The largest absolute Gasteiger partial charge is 0.453 e. The van der Waals surface area contributed by atoms with Crippen LogP contribution in [0, 0.1) is 0 Å². The number of nitrogens with two attached hydrogens (primary N) is 1. The number of ether oxygens (including phenoxy) is 1. The Balaban J connectivity index is 1.90. The maximum Gasteiger partial charge on any atom is 0.453 e. The van der Waals surface area contributed by atoms with Gasteiger partial charge in [0, 0.05) is 5.69 Å². The molecule has 3 N–H and O–H groups in total. The molecule has 0 unspecified atom stereocenters. The van der Waals surface area contributed by atoms with Crippen molar-refractivity contribution >= 4 is 23.4 Å². The van der Waals surface area contributed by atoms with Crippen LogP contribution in [0.25, 0.3) is 0 Å². The number of alkyl halides is 5. The van der Waals surface area contributed by atoms with Crippen molar-refractivity contribution in [2.75, 3.05) is 16.9 Å². The minimum atomic E-state index is -4.76. The predicted molar refractivity (Wildman–Crippen MR) is 77.6 cm³/mol. The summed E-state index contributed by atoms with van der Waals surface area (Å²) in [6.45, 7) is -2.97. The first-order chi connectivity index (χ1) is 11.7. The van der Waals surface area contributed by atoms with Crippen molar-refractivity contribution in [2.24, 2.45) is 0 Å². The number of nitrogen functional groups attached to an aromatic ring is 1. The molecule has 0 atom stereocenters. The summed E-state index contributed by atoms with van der Waals surface area (Å²) in [7, 11) is 0. The Bertz CT molecular complexity index is 734. The zero-order valence-corrected chi connectivity index (χ0v) is 12.9. The molecule has 0 fully saturated rings. The number of nitrogens with zero attached hydrogens (tertiary/aromatic N) is 3. The normalized spacial score (nSPS) is 11.6. The molecule has 1 aromatic carbocycles. The molecule has 25 heavy (non-hydrogen) atoms. The van der Waals surface area contributed by atoms with E-state index in [9.17, 15) is 26.7 Å². The van der Waals surface area contributed by atoms with Crippen LogP contribution in [-0.4, -0.2) is 33.1 Å². The number of halogens is 5. The quantitative estimate of drug-likeness (QED) is 0.452. The van der Waals surface area contributed by atoms with Crippen LogP contribution in [0.5, 0.6) is 5.75 Å². The summed E-state index contributed by atoms with van der Waals surface area (Å²) < 4.78 is 66.0. The lowest BCUT2D eigenvalue weighted by molar-refractivity contribution is -0.146. The zero-order valence-electron chi connectivity index (χ0n) is 12.1. The summed E-state index contributed by atoms with van der Waals surface area (Å²) in [5.41, 5.74) is 0.289. The number of anilines is 1. The van der Waals surface area contributed by atoms with Gasteiger partial charge < -0.3 is 15.9 Å². The number of amides is 1. The molecule has 13 heteroatoms. The molecule has 2 rings (SSSR count). The molecule has 0 spiro atoms. The maximum atomic E-state index is 12.5. The Labute approximate surface area is 141 Å². The molecule has 0 aliphatic rings. The van der Waals surface area contributed by atoms with Crippen molar-refractivity contribution in [3.05, 3.63) is 30.1 Å². The number of carbonyl (C=O) groups excluding carboxylic acids is 1. The molecule has 2 aromatic rings. The lowest BCUT2D eigenvalue weighted by Gasteiger charge is -2.08. The van der Waals surface area contributed by atoms with Crippen LogP contribution >= 0.6 is 11.8 Å². The first-order valence-electron chi connectivity index (χ1n) is 6.42. The van der Waals surface area contributed by atoms with E-state index in [1.165, 1.54) is 24.3 Å². The van der Waals surface area contributed by atoms with Crippen LogP contribution < -0.4 is 15.9 Å². The van der Waals surface area contributed by atoms with Crippen LogP contribution in [-0.2, 0) is 11.0 Å². The highest BCUT2D eigenvalue weighted by molar-refractivity contribution is 7.99. The van der Waals surface area contributed by atoms with Gasteiger partial charge in [0.25, 0.3) is 5.82 Å². The smallest absolute Gasteiger partial charge is 0.435 e. The summed E-state index contributed by atoms with van der Waals surface area (Å²) in [5, 5.41) is 8.32. The van der Waals surface area contributed by atoms with Crippen molar-refractivity contribution in [1.29, 1.82) is 0 Å². The lowest BCUT2D eigenvalue weighted by atomic mass is 10.3. The Morgan fingerprint density at radius 2 is 1.92 bits per heavy atom. The fraction of sp³-hybridized carbons (Fsp3) is 0.250. The van der Waals surface area contributed by atoms with E-state index in [2.05, 4.69) is 20.3 Å². The van der Waals surface area contributed by atoms with Crippen molar-refractivity contribution in [3.63, 3.8) is 0 Å². The van der Waals surface area contributed by atoms with E-state index in [4.69, 9.17) is 5.84 Å². The van der Waals surface area contributed by atoms with Crippen molar-refractivity contribution < 1.29 is 31.5 Å². The molecule has 136 valence electrons. The second kappa shape index (κ2) is 7.55.